The van der Waals surface area contributed by atoms with Gasteiger partial charge in [-0.3, -0.25) is 4.68 Å². The Morgan fingerprint density at radius 1 is 1.50 bits per heavy atom. The highest BCUT2D eigenvalue weighted by molar-refractivity contribution is 5.05. The number of nitrogens with zero attached hydrogens (tertiary/aromatic N) is 3. The first-order valence-corrected chi connectivity index (χ1v) is 5.41. The van der Waals surface area contributed by atoms with Crippen LogP contribution >= 0.6 is 0 Å². The molecular formula is C10H18N4. The quantitative estimate of drug-likeness (QED) is 0.716. The first kappa shape index (κ1) is 9.65. The molecule has 0 aliphatic heterocycles. The summed E-state index contributed by atoms with van der Waals surface area (Å²) >= 11 is 0. The fraction of sp³-hybridized carbons (Fsp3) is 0.800. The number of hydrogen-bond acceptors (Lipinski definition) is 3. The van der Waals surface area contributed by atoms with Gasteiger partial charge in [-0.2, -0.15) is 5.10 Å². The summed E-state index contributed by atoms with van der Waals surface area (Å²) < 4.78 is 1.90. The van der Waals surface area contributed by atoms with Gasteiger partial charge in [0, 0.05) is 13.0 Å². The van der Waals surface area contributed by atoms with Crippen LogP contribution in [-0.2, 0) is 13.6 Å². The average Bonchev–Trinajstić information content (AvgIpc) is 2.94. The number of rotatable bonds is 5. The van der Waals surface area contributed by atoms with Gasteiger partial charge in [-0.15, -0.1) is 0 Å². The summed E-state index contributed by atoms with van der Waals surface area (Å²) in [4.78, 5) is 4.53. The van der Waals surface area contributed by atoms with Crippen molar-refractivity contribution in [2.75, 3.05) is 6.54 Å². The van der Waals surface area contributed by atoms with E-state index in [0.29, 0.717) is 5.92 Å². The molecule has 2 rings (SSSR count). The molecule has 1 aliphatic rings. The van der Waals surface area contributed by atoms with E-state index in [1.165, 1.54) is 12.8 Å². The fourth-order valence-corrected chi connectivity index (χ4v) is 1.48. The van der Waals surface area contributed by atoms with Crippen molar-refractivity contribution < 1.29 is 0 Å². The zero-order valence-electron chi connectivity index (χ0n) is 8.95. The minimum Gasteiger partial charge on any atom is -0.310 e. The third-order valence-electron chi connectivity index (χ3n) is 2.52. The molecule has 1 heterocycles. The maximum atomic E-state index is 4.53. The second-order valence-corrected chi connectivity index (χ2v) is 3.96. The number of aromatic nitrogens is 3. The molecular weight excluding hydrogens is 176 g/mol. The topological polar surface area (TPSA) is 42.7 Å². The molecule has 1 aliphatic carbocycles. The third-order valence-corrected chi connectivity index (χ3v) is 2.52. The van der Waals surface area contributed by atoms with E-state index < -0.39 is 0 Å². The molecule has 4 heteroatoms. The van der Waals surface area contributed by atoms with Gasteiger partial charge in [0.05, 0.1) is 6.54 Å². The van der Waals surface area contributed by atoms with Crippen molar-refractivity contribution in [1.29, 1.82) is 0 Å². The van der Waals surface area contributed by atoms with E-state index >= 15 is 0 Å². The van der Waals surface area contributed by atoms with E-state index in [1.54, 1.807) is 0 Å². The summed E-state index contributed by atoms with van der Waals surface area (Å²) in [5.74, 6) is 2.75. The summed E-state index contributed by atoms with van der Waals surface area (Å²) in [5, 5.41) is 7.76. The van der Waals surface area contributed by atoms with E-state index in [4.69, 9.17) is 0 Å². The minimum absolute atomic E-state index is 0.654. The maximum absolute atomic E-state index is 4.53. The molecule has 14 heavy (non-hydrogen) atoms. The zero-order chi connectivity index (χ0) is 9.97. The van der Waals surface area contributed by atoms with E-state index in [9.17, 15) is 0 Å². The molecule has 0 atom stereocenters. The van der Waals surface area contributed by atoms with Crippen molar-refractivity contribution in [2.45, 2.75) is 38.6 Å². The molecule has 0 bridgehead atoms. The van der Waals surface area contributed by atoms with Crippen LogP contribution in [0.3, 0.4) is 0 Å². The van der Waals surface area contributed by atoms with Gasteiger partial charge in [0.1, 0.15) is 5.82 Å². The fourth-order valence-electron chi connectivity index (χ4n) is 1.48. The van der Waals surface area contributed by atoms with E-state index in [1.807, 2.05) is 11.7 Å². The number of aryl methyl sites for hydroxylation is 1. The summed E-state index contributed by atoms with van der Waals surface area (Å²) in [6.07, 6.45) is 3.70. The van der Waals surface area contributed by atoms with Gasteiger partial charge in [0.15, 0.2) is 5.82 Å². The monoisotopic (exact) mass is 194 g/mol. The van der Waals surface area contributed by atoms with Gasteiger partial charge >= 0.3 is 0 Å². The standard InChI is InChI=1S/C10H18N4/c1-3-6-11-7-9-12-10(8-4-5-8)13-14(9)2/h8,11H,3-7H2,1-2H3. The SMILES string of the molecule is CCCNCc1nc(C2CC2)nn1C. The largest absolute Gasteiger partial charge is 0.310 e. The Balaban J connectivity index is 1.94. The molecule has 0 spiro atoms. The van der Waals surface area contributed by atoms with Crippen molar-refractivity contribution in [1.82, 2.24) is 20.1 Å². The Hall–Kier alpha value is -0.900. The first-order chi connectivity index (χ1) is 6.81. The highest BCUT2D eigenvalue weighted by Gasteiger charge is 2.28. The van der Waals surface area contributed by atoms with Gasteiger partial charge in [-0.1, -0.05) is 6.92 Å². The van der Waals surface area contributed by atoms with Crippen LogP contribution in [0.15, 0.2) is 0 Å². The first-order valence-electron chi connectivity index (χ1n) is 5.41. The van der Waals surface area contributed by atoms with E-state index in [-0.39, 0.29) is 0 Å². The summed E-state index contributed by atoms with van der Waals surface area (Å²) in [7, 11) is 1.97. The van der Waals surface area contributed by atoms with Crippen molar-refractivity contribution in [3.8, 4) is 0 Å². The van der Waals surface area contributed by atoms with Crippen LogP contribution in [0.1, 0.15) is 43.8 Å². The molecule has 0 aromatic carbocycles. The lowest BCUT2D eigenvalue weighted by Gasteiger charge is -2.00. The van der Waals surface area contributed by atoms with Crippen LogP contribution in [-0.4, -0.2) is 21.3 Å². The normalized spacial score (nSPS) is 16.1. The lowest BCUT2D eigenvalue weighted by atomic mass is 10.4. The molecule has 78 valence electrons. The molecule has 1 saturated carbocycles. The molecule has 0 saturated heterocycles. The van der Waals surface area contributed by atoms with Gasteiger partial charge in [0.2, 0.25) is 0 Å². The highest BCUT2D eigenvalue weighted by Crippen LogP contribution is 2.37. The Morgan fingerprint density at radius 2 is 2.29 bits per heavy atom. The third kappa shape index (κ3) is 2.12. The lowest BCUT2D eigenvalue weighted by molar-refractivity contribution is 0.608. The van der Waals surface area contributed by atoms with E-state index in [0.717, 1.165) is 31.2 Å². The molecule has 4 nitrogen and oxygen atoms in total. The molecule has 1 aromatic rings. The van der Waals surface area contributed by atoms with Crippen LogP contribution in [0, 0.1) is 0 Å². The predicted octanol–water partition coefficient (Wildman–Crippen LogP) is 1.19. The Morgan fingerprint density at radius 3 is 2.93 bits per heavy atom. The smallest absolute Gasteiger partial charge is 0.154 e. The summed E-state index contributed by atoms with van der Waals surface area (Å²) in [5.41, 5.74) is 0. The van der Waals surface area contributed by atoms with Gasteiger partial charge in [-0.25, -0.2) is 4.98 Å². The molecule has 1 fully saturated rings. The lowest BCUT2D eigenvalue weighted by Crippen LogP contribution is -2.17. The molecule has 1 N–H and O–H groups in total. The van der Waals surface area contributed by atoms with Crippen molar-refractivity contribution in [3.05, 3.63) is 11.6 Å². The number of nitrogens with one attached hydrogen (secondary N) is 1. The van der Waals surface area contributed by atoms with Crippen molar-refractivity contribution in [2.24, 2.45) is 7.05 Å². The van der Waals surface area contributed by atoms with Crippen LogP contribution in [0.2, 0.25) is 0 Å². The van der Waals surface area contributed by atoms with Gasteiger partial charge < -0.3 is 5.32 Å². The average molecular weight is 194 g/mol. The summed E-state index contributed by atoms with van der Waals surface area (Å²) in [6, 6.07) is 0. The Kier molecular flexibility index (Phi) is 2.82. The van der Waals surface area contributed by atoms with Crippen molar-refractivity contribution >= 4 is 0 Å². The molecule has 0 unspecified atom stereocenters. The predicted molar refractivity (Wildman–Crippen MR) is 55.0 cm³/mol. The minimum atomic E-state index is 0.654. The summed E-state index contributed by atoms with van der Waals surface area (Å²) in [6.45, 7) is 4.05. The van der Waals surface area contributed by atoms with Crippen LogP contribution < -0.4 is 5.32 Å². The molecule has 1 aromatic heterocycles. The Labute approximate surface area is 84.7 Å². The van der Waals surface area contributed by atoms with Crippen LogP contribution in [0.5, 0.6) is 0 Å². The highest BCUT2D eigenvalue weighted by atomic mass is 15.3. The Bertz CT molecular complexity index is 301. The van der Waals surface area contributed by atoms with Crippen LogP contribution in [0.4, 0.5) is 0 Å². The maximum Gasteiger partial charge on any atom is 0.154 e. The van der Waals surface area contributed by atoms with E-state index in [2.05, 4.69) is 22.3 Å². The van der Waals surface area contributed by atoms with Crippen LogP contribution in [0.25, 0.3) is 0 Å². The van der Waals surface area contributed by atoms with Gasteiger partial charge in [0.25, 0.3) is 0 Å². The van der Waals surface area contributed by atoms with Gasteiger partial charge in [-0.05, 0) is 25.8 Å². The second kappa shape index (κ2) is 4.09. The zero-order valence-corrected chi connectivity index (χ0v) is 8.95. The second-order valence-electron chi connectivity index (χ2n) is 3.96. The van der Waals surface area contributed by atoms with Crippen molar-refractivity contribution in [3.63, 3.8) is 0 Å². The number of hydrogen-bond donors (Lipinski definition) is 1. The molecule has 0 radical (unpaired) electrons. The molecule has 0 amide bonds.